The van der Waals surface area contributed by atoms with E-state index in [0.717, 1.165) is 28.1 Å². The summed E-state index contributed by atoms with van der Waals surface area (Å²) in [6, 6.07) is 0. The Hall–Kier alpha value is -1.58. The first kappa shape index (κ1) is 8.99. The zero-order chi connectivity index (χ0) is 10.5. The van der Waals surface area contributed by atoms with Crippen molar-refractivity contribution in [3.05, 3.63) is 17.1 Å². The van der Waals surface area contributed by atoms with E-state index < -0.39 is 0 Å². The Morgan fingerprint density at radius 3 is 2.43 bits per heavy atom. The summed E-state index contributed by atoms with van der Waals surface area (Å²) in [6.45, 7) is 5.98. The van der Waals surface area contributed by atoms with Gasteiger partial charge in [-0.1, -0.05) is 0 Å². The second kappa shape index (κ2) is 2.70. The third-order valence-electron chi connectivity index (χ3n) is 2.75. The molecule has 2 aromatic rings. The van der Waals surface area contributed by atoms with Crippen molar-refractivity contribution in [2.75, 3.05) is 5.73 Å². The number of aryl methyl sites for hydroxylation is 4. The van der Waals surface area contributed by atoms with Gasteiger partial charge in [0.2, 0.25) is 0 Å². The van der Waals surface area contributed by atoms with E-state index in [2.05, 4.69) is 14.5 Å². The van der Waals surface area contributed by atoms with Crippen LogP contribution in [0.4, 0.5) is 5.82 Å². The van der Waals surface area contributed by atoms with Crippen molar-refractivity contribution < 1.29 is 0 Å². The monoisotopic (exact) mass is 190 g/mol. The number of anilines is 1. The Bertz CT molecular complexity index is 511. The number of nitrogens with two attached hydrogens (primary N) is 1. The minimum Gasteiger partial charge on any atom is -0.382 e. The number of nitrogen functional groups attached to an aromatic ring is 1. The molecule has 0 aromatic carbocycles. The van der Waals surface area contributed by atoms with Crippen LogP contribution in [0, 0.1) is 20.8 Å². The lowest BCUT2D eigenvalue weighted by molar-refractivity contribution is 0.882. The molecular formula is C10H14N4. The van der Waals surface area contributed by atoms with E-state index >= 15 is 0 Å². The summed E-state index contributed by atoms with van der Waals surface area (Å²) in [6.07, 6.45) is 0. The Morgan fingerprint density at radius 2 is 1.79 bits per heavy atom. The van der Waals surface area contributed by atoms with Crippen LogP contribution in [0.5, 0.6) is 0 Å². The van der Waals surface area contributed by atoms with E-state index in [-0.39, 0.29) is 0 Å². The second-order valence-electron chi connectivity index (χ2n) is 3.62. The van der Waals surface area contributed by atoms with Gasteiger partial charge in [-0.2, -0.15) is 0 Å². The van der Waals surface area contributed by atoms with Crippen LogP contribution in [-0.4, -0.2) is 14.5 Å². The van der Waals surface area contributed by atoms with Crippen molar-refractivity contribution in [1.82, 2.24) is 14.5 Å². The summed E-state index contributed by atoms with van der Waals surface area (Å²) >= 11 is 0. The van der Waals surface area contributed by atoms with Gasteiger partial charge in [0.25, 0.3) is 0 Å². The van der Waals surface area contributed by atoms with Gasteiger partial charge < -0.3 is 10.3 Å². The maximum absolute atomic E-state index is 5.82. The molecule has 0 unspecified atom stereocenters. The molecule has 0 atom stereocenters. The van der Waals surface area contributed by atoms with E-state index in [1.165, 1.54) is 0 Å². The van der Waals surface area contributed by atoms with Crippen molar-refractivity contribution in [1.29, 1.82) is 0 Å². The predicted octanol–water partition coefficient (Wildman–Crippen LogP) is 1.48. The first-order chi connectivity index (χ1) is 6.52. The SMILES string of the molecule is Cc1nc(N)c2nc(C)n(C)c2c1C. The minimum absolute atomic E-state index is 0.520. The van der Waals surface area contributed by atoms with Crippen LogP contribution in [0.3, 0.4) is 0 Å². The zero-order valence-electron chi connectivity index (χ0n) is 8.92. The highest BCUT2D eigenvalue weighted by Gasteiger charge is 2.12. The highest BCUT2D eigenvalue weighted by atomic mass is 15.1. The molecule has 0 spiro atoms. The number of pyridine rings is 1. The molecule has 0 saturated carbocycles. The van der Waals surface area contributed by atoms with E-state index in [9.17, 15) is 0 Å². The van der Waals surface area contributed by atoms with Gasteiger partial charge in [-0.3, -0.25) is 0 Å². The van der Waals surface area contributed by atoms with Gasteiger partial charge in [-0.05, 0) is 26.3 Å². The Labute approximate surface area is 82.8 Å². The van der Waals surface area contributed by atoms with Crippen LogP contribution in [0.1, 0.15) is 17.1 Å². The molecule has 0 saturated heterocycles. The minimum atomic E-state index is 0.520. The first-order valence-corrected chi connectivity index (χ1v) is 4.58. The topological polar surface area (TPSA) is 56.7 Å². The van der Waals surface area contributed by atoms with Gasteiger partial charge in [0.1, 0.15) is 11.3 Å². The number of rotatable bonds is 0. The summed E-state index contributed by atoms with van der Waals surface area (Å²) in [5.41, 5.74) is 9.85. The molecule has 0 radical (unpaired) electrons. The van der Waals surface area contributed by atoms with Crippen molar-refractivity contribution >= 4 is 16.9 Å². The third-order valence-corrected chi connectivity index (χ3v) is 2.75. The lowest BCUT2D eigenvalue weighted by atomic mass is 10.2. The number of nitrogens with zero attached hydrogens (tertiary/aromatic N) is 3. The number of hydrogen-bond donors (Lipinski definition) is 1. The molecule has 2 N–H and O–H groups in total. The normalized spacial score (nSPS) is 11.1. The van der Waals surface area contributed by atoms with Crippen LogP contribution in [0.15, 0.2) is 0 Å². The van der Waals surface area contributed by atoms with Crippen molar-refractivity contribution in [3.63, 3.8) is 0 Å². The van der Waals surface area contributed by atoms with Gasteiger partial charge >= 0.3 is 0 Å². The summed E-state index contributed by atoms with van der Waals surface area (Å²) in [7, 11) is 2.00. The van der Waals surface area contributed by atoms with Crippen LogP contribution in [-0.2, 0) is 7.05 Å². The third kappa shape index (κ3) is 0.999. The Morgan fingerprint density at radius 1 is 1.14 bits per heavy atom. The van der Waals surface area contributed by atoms with E-state index in [1.54, 1.807) is 0 Å². The average molecular weight is 190 g/mol. The molecule has 0 amide bonds. The summed E-state index contributed by atoms with van der Waals surface area (Å²) < 4.78 is 2.05. The zero-order valence-corrected chi connectivity index (χ0v) is 8.92. The maximum Gasteiger partial charge on any atom is 0.151 e. The molecule has 4 heteroatoms. The quantitative estimate of drug-likeness (QED) is 0.684. The lowest BCUT2D eigenvalue weighted by Crippen LogP contribution is -1.99. The number of aromatic nitrogens is 3. The van der Waals surface area contributed by atoms with E-state index in [4.69, 9.17) is 5.73 Å². The van der Waals surface area contributed by atoms with Crippen molar-refractivity contribution in [2.24, 2.45) is 7.05 Å². The first-order valence-electron chi connectivity index (χ1n) is 4.58. The Kier molecular flexibility index (Phi) is 1.74. The molecule has 4 nitrogen and oxygen atoms in total. The molecule has 0 aliphatic rings. The molecule has 2 aromatic heterocycles. The number of imidazole rings is 1. The molecule has 0 aliphatic carbocycles. The Balaban J connectivity index is 3.03. The van der Waals surface area contributed by atoms with Gasteiger partial charge in [-0.25, -0.2) is 9.97 Å². The van der Waals surface area contributed by atoms with Crippen LogP contribution >= 0.6 is 0 Å². The van der Waals surface area contributed by atoms with Gasteiger partial charge in [0.15, 0.2) is 5.82 Å². The van der Waals surface area contributed by atoms with Crippen molar-refractivity contribution in [3.8, 4) is 0 Å². The summed E-state index contributed by atoms with van der Waals surface area (Å²) in [4.78, 5) is 8.65. The van der Waals surface area contributed by atoms with E-state index in [0.29, 0.717) is 5.82 Å². The molecular weight excluding hydrogens is 176 g/mol. The van der Waals surface area contributed by atoms with Gasteiger partial charge in [-0.15, -0.1) is 0 Å². The summed E-state index contributed by atoms with van der Waals surface area (Å²) in [5.74, 6) is 1.48. The van der Waals surface area contributed by atoms with Crippen LogP contribution < -0.4 is 5.73 Å². The van der Waals surface area contributed by atoms with Crippen LogP contribution in [0.2, 0.25) is 0 Å². The van der Waals surface area contributed by atoms with Crippen molar-refractivity contribution in [2.45, 2.75) is 20.8 Å². The van der Waals surface area contributed by atoms with Gasteiger partial charge in [0, 0.05) is 12.7 Å². The molecule has 74 valence electrons. The largest absolute Gasteiger partial charge is 0.382 e. The highest BCUT2D eigenvalue weighted by molar-refractivity contribution is 5.88. The second-order valence-corrected chi connectivity index (χ2v) is 3.62. The predicted molar refractivity (Wildman–Crippen MR) is 57.1 cm³/mol. The molecule has 2 rings (SSSR count). The molecule has 14 heavy (non-hydrogen) atoms. The van der Waals surface area contributed by atoms with Gasteiger partial charge in [0.05, 0.1) is 5.52 Å². The highest BCUT2D eigenvalue weighted by Crippen LogP contribution is 2.24. The maximum atomic E-state index is 5.82. The van der Waals surface area contributed by atoms with E-state index in [1.807, 2.05) is 27.8 Å². The fourth-order valence-electron chi connectivity index (χ4n) is 1.71. The molecule has 0 fully saturated rings. The van der Waals surface area contributed by atoms with Crippen LogP contribution in [0.25, 0.3) is 11.0 Å². The molecule has 0 bridgehead atoms. The molecule has 2 heterocycles. The molecule has 0 aliphatic heterocycles. The lowest BCUT2D eigenvalue weighted by Gasteiger charge is -2.05. The fraction of sp³-hybridized carbons (Fsp3) is 0.400. The average Bonchev–Trinajstić information content (AvgIpc) is 2.41. The standard InChI is InChI=1S/C10H14N4/c1-5-6(2)12-10(11)8-9(5)14(4)7(3)13-8/h1-4H3,(H2,11,12). The number of fused-ring (bicyclic) bond motifs is 1. The number of hydrogen-bond acceptors (Lipinski definition) is 3. The summed E-state index contributed by atoms with van der Waals surface area (Å²) in [5, 5.41) is 0. The fourth-order valence-corrected chi connectivity index (χ4v) is 1.71. The smallest absolute Gasteiger partial charge is 0.151 e.